The number of amides is 2. The smallest absolute Gasteiger partial charge is 0.320 e. The normalized spacial score (nSPS) is 24.9. The third kappa shape index (κ3) is 2.52. The Labute approximate surface area is 100 Å². The first kappa shape index (κ1) is 12.2. The van der Waals surface area contributed by atoms with E-state index in [1.807, 2.05) is 0 Å². The second-order valence-electron chi connectivity index (χ2n) is 4.78. The number of hydrogen-bond acceptors (Lipinski definition) is 3. The van der Waals surface area contributed by atoms with Gasteiger partial charge in [-0.3, -0.25) is 4.79 Å². The first-order chi connectivity index (χ1) is 8.11. The van der Waals surface area contributed by atoms with E-state index in [9.17, 15) is 9.59 Å². The van der Waals surface area contributed by atoms with E-state index in [1.54, 1.807) is 16.9 Å². The molecule has 1 atom stereocenters. The van der Waals surface area contributed by atoms with E-state index in [1.165, 1.54) is 0 Å². The Morgan fingerprint density at radius 3 is 2.59 bits per heavy atom. The van der Waals surface area contributed by atoms with Crippen molar-refractivity contribution in [2.75, 3.05) is 39.9 Å². The molecule has 1 unspecified atom stereocenters. The molecular weight excluding hydrogens is 224 g/mol. The van der Waals surface area contributed by atoms with Crippen LogP contribution in [-0.2, 0) is 9.53 Å². The molecule has 2 rings (SSSR count). The van der Waals surface area contributed by atoms with Gasteiger partial charge in [0.05, 0.1) is 12.5 Å². The average Bonchev–Trinajstić information content (AvgIpc) is 2.63. The van der Waals surface area contributed by atoms with Crippen molar-refractivity contribution in [3.63, 3.8) is 0 Å². The fraction of sp³-hybridized carbons (Fsp3) is 0.818. The summed E-state index contributed by atoms with van der Waals surface area (Å²) >= 11 is 0. The molecule has 17 heavy (non-hydrogen) atoms. The highest BCUT2D eigenvalue weighted by Crippen LogP contribution is 2.22. The number of aliphatic carboxylic acids is 1. The minimum Gasteiger partial charge on any atom is -0.481 e. The van der Waals surface area contributed by atoms with E-state index in [0.717, 1.165) is 19.5 Å². The molecule has 6 nitrogen and oxygen atoms in total. The third-order valence-electron chi connectivity index (χ3n) is 3.46. The molecule has 2 aliphatic rings. The van der Waals surface area contributed by atoms with Crippen LogP contribution in [0.1, 0.15) is 6.42 Å². The Kier molecular flexibility index (Phi) is 3.51. The average molecular weight is 242 g/mol. The van der Waals surface area contributed by atoms with Crippen molar-refractivity contribution in [1.82, 2.24) is 9.80 Å². The highest BCUT2D eigenvalue weighted by Gasteiger charge is 2.39. The van der Waals surface area contributed by atoms with Gasteiger partial charge in [0.2, 0.25) is 0 Å². The third-order valence-corrected chi connectivity index (χ3v) is 3.46. The molecule has 0 aliphatic carbocycles. The molecule has 0 spiro atoms. The summed E-state index contributed by atoms with van der Waals surface area (Å²) in [5.41, 5.74) is 0. The lowest BCUT2D eigenvalue weighted by molar-refractivity contribution is -0.146. The van der Waals surface area contributed by atoms with Gasteiger partial charge in [-0.15, -0.1) is 0 Å². The van der Waals surface area contributed by atoms with Crippen LogP contribution in [0.25, 0.3) is 0 Å². The lowest BCUT2D eigenvalue weighted by Crippen LogP contribution is -2.56. The van der Waals surface area contributed by atoms with Crippen LogP contribution >= 0.6 is 0 Å². The van der Waals surface area contributed by atoms with E-state index >= 15 is 0 Å². The molecule has 0 bridgehead atoms. The summed E-state index contributed by atoms with van der Waals surface area (Å²) in [4.78, 5) is 26.0. The highest BCUT2D eigenvalue weighted by atomic mass is 16.5. The van der Waals surface area contributed by atoms with Gasteiger partial charge in [0, 0.05) is 39.2 Å². The minimum absolute atomic E-state index is 0.0268. The molecule has 0 aromatic rings. The molecule has 2 amide bonds. The zero-order chi connectivity index (χ0) is 12.4. The number of carbonyl (C=O) groups excluding carboxylic acids is 1. The van der Waals surface area contributed by atoms with Gasteiger partial charge in [0.15, 0.2) is 0 Å². The van der Waals surface area contributed by atoms with Crippen molar-refractivity contribution in [2.24, 2.45) is 11.8 Å². The van der Waals surface area contributed by atoms with Gasteiger partial charge in [-0.2, -0.15) is 0 Å². The summed E-state index contributed by atoms with van der Waals surface area (Å²) in [6.07, 6.45) is 0.968. The largest absolute Gasteiger partial charge is 0.481 e. The molecule has 0 radical (unpaired) electrons. The fourth-order valence-electron chi connectivity index (χ4n) is 2.37. The van der Waals surface area contributed by atoms with Crippen LogP contribution < -0.4 is 0 Å². The van der Waals surface area contributed by atoms with Crippen LogP contribution in [0, 0.1) is 11.8 Å². The van der Waals surface area contributed by atoms with Crippen molar-refractivity contribution in [2.45, 2.75) is 6.42 Å². The van der Waals surface area contributed by atoms with Crippen molar-refractivity contribution >= 4 is 12.0 Å². The molecule has 1 N–H and O–H groups in total. The maximum atomic E-state index is 12.0. The number of ether oxygens (including phenoxy) is 1. The molecule has 0 aromatic heterocycles. The summed E-state index contributed by atoms with van der Waals surface area (Å²) < 4.78 is 5.07. The van der Waals surface area contributed by atoms with Crippen LogP contribution in [0.4, 0.5) is 4.79 Å². The molecule has 0 saturated carbocycles. The summed E-state index contributed by atoms with van der Waals surface area (Å²) in [5.74, 6) is -0.774. The predicted molar refractivity (Wildman–Crippen MR) is 59.7 cm³/mol. The first-order valence-electron chi connectivity index (χ1n) is 5.87. The lowest BCUT2D eigenvalue weighted by atomic mass is 10.0. The highest BCUT2D eigenvalue weighted by molar-refractivity contribution is 5.80. The quantitative estimate of drug-likeness (QED) is 0.761. The molecule has 96 valence electrons. The molecule has 2 heterocycles. The van der Waals surface area contributed by atoms with Gasteiger partial charge in [0.25, 0.3) is 0 Å². The number of likely N-dealkylation sites (tertiary alicyclic amines) is 2. The van der Waals surface area contributed by atoms with E-state index in [4.69, 9.17) is 9.84 Å². The van der Waals surface area contributed by atoms with Crippen molar-refractivity contribution in [1.29, 1.82) is 0 Å². The van der Waals surface area contributed by atoms with Gasteiger partial charge in [-0.05, 0) is 6.42 Å². The molecule has 6 heteroatoms. The maximum absolute atomic E-state index is 12.0. The number of carboxylic acids is 1. The number of urea groups is 1. The molecule has 0 aromatic carbocycles. The predicted octanol–water partition coefficient (Wildman–Crippen LogP) is 0.0911. The second kappa shape index (κ2) is 4.91. The van der Waals surface area contributed by atoms with E-state index in [2.05, 4.69) is 0 Å². The second-order valence-corrected chi connectivity index (χ2v) is 4.78. The van der Waals surface area contributed by atoms with Gasteiger partial charge in [0.1, 0.15) is 0 Å². The van der Waals surface area contributed by atoms with Crippen molar-refractivity contribution in [3.8, 4) is 0 Å². The number of hydrogen-bond donors (Lipinski definition) is 1. The SMILES string of the molecule is COCC1CCN(C(=O)N2CC(C(=O)O)C2)C1. The Morgan fingerprint density at radius 2 is 2.00 bits per heavy atom. The monoisotopic (exact) mass is 242 g/mol. The number of methoxy groups -OCH3 is 1. The molecular formula is C11H18N2O4. The Balaban J connectivity index is 1.77. The Morgan fingerprint density at radius 1 is 1.29 bits per heavy atom. The minimum atomic E-state index is -0.812. The van der Waals surface area contributed by atoms with Crippen molar-refractivity contribution in [3.05, 3.63) is 0 Å². The van der Waals surface area contributed by atoms with Crippen LogP contribution in [0.3, 0.4) is 0 Å². The van der Waals surface area contributed by atoms with Gasteiger partial charge >= 0.3 is 12.0 Å². The zero-order valence-electron chi connectivity index (χ0n) is 9.96. The number of carboxylic acid groups (broad SMARTS) is 1. The number of nitrogens with zero attached hydrogens (tertiary/aromatic N) is 2. The van der Waals surface area contributed by atoms with Crippen LogP contribution in [-0.4, -0.2) is 66.8 Å². The van der Waals surface area contributed by atoms with Crippen LogP contribution in [0.15, 0.2) is 0 Å². The number of rotatable bonds is 3. The lowest BCUT2D eigenvalue weighted by Gasteiger charge is -2.39. The van der Waals surface area contributed by atoms with E-state index < -0.39 is 5.97 Å². The van der Waals surface area contributed by atoms with E-state index in [-0.39, 0.29) is 11.9 Å². The fourth-order valence-corrected chi connectivity index (χ4v) is 2.37. The summed E-state index contributed by atoms with van der Waals surface area (Å²) in [6, 6.07) is -0.0268. The van der Waals surface area contributed by atoms with Gasteiger partial charge < -0.3 is 19.6 Å². The zero-order valence-corrected chi connectivity index (χ0v) is 9.96. The van der Waals surface area contributed by atoms with Crippen molar-refractivity contribution < 1.29 is 19.4 Å². The van der Waals surface area contributed by atoms with Crippen LogP contribution in [0.5, 0.6) is 0 Å². The standard InChI is InChI=1S/C11H18N2O4/c1-17-7-8-2-3-12(4-8)11(16)13-5-9(6-13)10(14)15/h8-9H,2-7H2,1H3,(H,14,15). The molecule has 2 aliphatic heterocycles. The van der Waals surface area contributed by atoms with E-state index in [0.29, 0.717) is 25.6 Å². The molecule has 2 saturated heterocycles. The number of carbonyl (C=O) groups is 2. The Hall–Kier alpha value is -1.30. The summed E-state index contributed by atoms with van der Waals surface area (Å²) in [7, 11) is 1.66. The first-order valence-corrected chi connectivity index (χ1v) is 5.87. The molecule has 2 fully saturated rings. The Bertz CT molecular complexity index is 315. The summed E-state index contributed by atoms with van der Waals surface area (Å²) in [5, 5.41) is 8.74. The van der Waals surface area contributed by atoms with Gasteiger partial charge in [-0.25, -0.2) is 4.79 Å². The topological polar surface area (TPSA) is 70.1 Å². The summed E-state index contributed by atoms with van der Waals surface area (Å²) in [6.45, 7) is 2.85. The van der Waals surface area contributed by atoms with Gasteiger partial charge in [-0.1, -0.05) is 0 Å². The van der Waals surface area contributed by atoms with Crippen LogP contribution in [0.2, 0.25) is 0 Å². The maximum Gasteiger partial charge on any atom is 0.320 e.